The quantitative estimate of drug-likeness (QED) is 0.296. The molecule has 0 bridgehead atoms. The first kappa shape index (κ1) is 28.2. The van der Waals surface area contributed by atoms with Crippen LogP contribution in [0.25, 0.3) is 0 Å². The molecule has 0 saturated carbocycles. The van der Waals surface area contributed by atoms with Gasteiger partial charge in [-0.05, 0) is 53.9 Å². The van der Waals surface area contributed by atoms with Crippen LogP contribution >= 0.6 is 0 Å². The van der Waals surface area contributed by atoms with E-state index in [0.29, 0.717) is 18.7 Å². The van der Waals surface area contributed by atoms with E-state index in [2.05, 4.69) is 10.6 Å². The Labute approximate surface area is 218 Å². The van der Waals surface area contributed by atoms with Crippen molar-refractivity contribution in [3.63, 3.8) is 0 Å². The summed E-state index contributed by atoms with van der Waals surface area (Å²) in [5.41, 5.74) is 1.95. The van der Waals surface area contributed by atoms with Gasteiger partial charge in [-0.25, -0.2) is 8.42 Å². The Hall–Kier alpha value is -3.40. The predicted molar refractivity (Wildman–Crippen MR) is 142 cm³/mol. The molecule has 0 unspecified atom stereocenters. The highest BCUT2D eigenvalue weighted by Gasteiger charge is 2.23. The van der Waals surface area contributed by atoms with Gasteiger partial charge in [0.1, 0.15) is 11.5 Å². The van der Waals surface area contributed by atoms with Crippen LogP contribution in [-0.4, -0.2) is 58.1 Å². The van der Waals surface area contributed by atoms with Crippen molar-refractivity contribution in [1.29, 1.82) is 0 Å². The Morgan fingerprint density at radius 3 is 2.24 bits per heavy atom. The average Bonchev–Trinajstić information content (AvgIpc) is 2.92. The van der Waals surface area contributed by atoms with Gasteiger partial charge in [0.15, 0.2) is 9.84 Å². The summed E-state index contributed by atoms with van der Waals surface area (Å²) >= 11 is 0. The van der Waals surface area contributed by atoms with Crippen LogP contribution in [-0.2, 0) is 27.6 Å². The summed E-state index contributed by atoms with van der Waals surface area (Å²) in [5, 5.41) is 17.0. The number of benzene rings is 3. The van der Waals surface area contributed by atoms with Crippen LogP contribution in [0.2, 0.25) is 0 Å². The summed E-state index contributed by atoms with van der Waals surface area (Å²) in [7, 11) is -0.538. The van der Waals surface area contributed by atoms with Crippen molar-refractivity contribution in [1.82, 2.24) is 10.6 Å². The summed E-state index contributed by atoms with van der Waals surface area (Å²) in [4.78, 5) is 12.9. The van der Waals surface area contributed by atoms with Crippen molar-refractivity contribution in [3.8, 4) is 11.5 Å². The van der Waals surface area contributed by atoms with E-state index in [1.165, 1.54) is 19.2 Å². The third-order valence-corrected chi connectivity index (χ3v) is 7.67. The Morgan fingerprint density at radius 2 is 1.57 bits per heavy atom. The van der Waals surface area contributed by atoms with Crippen LogP contribution in [0.1, 0.15) is 17.5 Å². The van der Waals surface area contributed by atoms with Gasteiger partial charge in [-0.2, -0.15) is 0 Å². The molecule has 0 saturated heterocycles. The van der Waals surface area contributed by atoms with Gasteiger partial charge in [-0.1, -0.05) is 42.5 Å². The number of rotatable bonds is 14. The summed E-state index contributed by atoms with van der Waals surface area (Å²) < 4.78 is 35.7. The number of amides is 1. The number of aliphatic hydroxyl groups excluding tert-OH is 1. The number of nitrogens with one attached hydrogen (secondary N) is 2. The van der Waals surface area contributed by atoms with Crippen molar-refractivity contribution in [3.05, 3.63) is 90.0 Å². The molecule has 1 amide bonds. The molecule has 0 spiro atoms. The molecule has 0 radical (unpaired) electrons. The van der Waals surface area contributed by atoms with Crippen molar-refractivity contribution < 1.29 is 27.8 Å². The number of aliphatic hydroxyl groups is 1. The van der Waals surface area contributed by atoms with Crippen LogP contribution in [0.15, 0.2) is 83.8 Å². The molecule has 0 heterocycles. The first-order chi connectivity index (χ1) is 17.8. The number of hydrogen-bond donors (Lipinski definition) is 3. The minimum Gasteiger partial charge on any atom is -0.497 e. The van der Waals surface area contributed by atoms with Gasteiger partial charge < -0.3 is 25.2 Å². The maximum absolute atomic E-state index is 12.8. The van der Waals surface area contributed by atoms with E-state index in [1.807, 2.05) is 54.6 Å². The lowest BCUT2D eigenvalue weighted by atomic mass is 10.0. The zero-order chi connectivity index (χ0) is 26.7. The highest BCUT2D eigenvalue weighted by atomic mass is 32.2. The molecule has 3 N–H and O–H groups in total. The Kier molecular flexibility index (Phi) is 10.5. The molecule has 0 aliphatic heterocycles. The summed E-state index contributed by atoms with van der Waals surface area (Å²) in [5.74, 6) is 0.519. The molecule has 0 fully saturated rings. The van der Waals surface area contributed by atoms with Gasteiger partial charge in [-0.3, -0.25) is 4.79 Å². The Bertz CT molecular complexity index is 1230. The van der Waals surface area contributed by atoms with E-state index in [9.17, 15) is 18.3 Å². The van der Waals surface area contributed by atoms with Gasteiger partial charge in [0.2, 0.25) is 5.91 Å². The van der Waals surface area contributed by atoms with Crippen LogP contribution in [0, 0.1) is 0 Å². The van der Waals surface area contributed by atoms with Crippen molar-refractivity contribution >= 4 is 15.7 Å². The largest absolute Gasteiger partial charge is 0.497 e. The van der Waals surface area contributed by atoms with E-state index in [4.69, 9.17) is 9.47 Å². The highest BCUT2D eigenvalue weighted by Crippen LogP contribution is 2.17. The van der Waals surface area contributed by atoms with Gasteiger partial charge in [-0.15, -0.1) is 0 Å². The molecule has 3 aromatic carbocycles. The molecule has 3 aromatic rings. The van der Waals surface area contributed by atoms with Gasteiger partial charge in [0.25, 0.3) is 0 Å². The highest BCUT2D eigenvalue weighted by molar-refractivity contribution is 7.91. The second-order valence-electron chi connectivity index (χ2n) is 8.66. The van der Waals surface area contributed by atoms with Crippen LogP contribution in [0.4, 0.5) is 0 Å². The topological polar surface area (TPSA) is 114 Å². The third-order valence-electron chi connectivity index (χ3n) is 5.94. The second-order valence-corrected chi connectivity index (χ2v) is 10.8. The second kappa shape index (κ2) is 13.8. The fourth-order valence-corrected chi connectivity index (χ4v) is 5.09. The monoisotopic (exact) mass is 526 g/mol. The molecular formula is C28H34N2O6S. The first-order valence-corrected chi connectivity index (χ1v) is 13.7. The van der Waals surface area contributed by atoms with Gasteiger partial charge in [0.05, 0.1) is 37.0 Å². The van der Waals surface area contributed by atoms with Gasteiger partial charge in [0, 0.05) is 19.5 Å². The normalized spacial score (nSPS) is 12.9. The summed E-state index contributed by atoms with van der Waals surface area (Å²) in [6.45, 7) is 0.750. The molecule has 37 heavy (non-hydrogen) atoms. The minimum absolute atomic E-state index is 0.128. The summed E-state index contributed by atoms with van der Waals surface area (Å²) in [6.07, 6.45) is -0.711. The van der Waals surface area contributed by atoms with Crippen molar-refractivity contribution in [2.75, 3.05) is 26.5 Å². The van der Waals surface area contributed by atoms with Crippen molar-refractivity contribution in [2.45, 2.75) is 36.4 Å². The SMILES string of the molecule is COc1ccc(S(=O)(=O)CCC(=O)N[C@@H](Cc2ccccc2)[C@H](O)CNCc2cccc(OC)c2)cc1. The fraction of sp³-hybridized carbons (Fsp3) is 0.321. The molecule has 3 rings (SSSR count). The van der Waals surface area contributed by atoms with E-state index in [1.54, 1.807) is 19.2 Å². The van der Waals surface area contributed by atoms with E-state index in [0.717, 1.165) is 16.9 Å². The molecule has 0 aliphatic carbocycles. The number of methoxy groups -OCH3 is 2. The van der Waals surface area contributed by atoms with E-state index >= 15 is 0 Å². The van der Waals surface area contributed by atoms with Crippen LogP contribution in [0.5, 0.6) is 11.5 Å². The number of carbonyl (C=O) groups excluding carboxylic acids is 1. The number of carbonyl (C=O) groups is 1. The average molecular weight is 527 g/mol. The standard InChI is InChI=1S/C28H34N2O6S/c1-35-23-11-13-25(14-12-23)37(33,34)16-15-28(32)30-26(18-21-7-4-3-5-8-21)27(31)20-29-19-22-9-6-10-24(17-22)36-2/h3-14,17,26-27,29,31H,15-16,18-20H2,1-2H3,(H,30,32)/t26-,27+/m0/s1. The molecule has 2 atom stereocenters. The fourth-order valence-electron chi connectivity index (χ4n) is 3.85. The summed E-state index contributed by atoms with van der Waals surface area (Å²) in [6, 6.07) is 22.6. The zero-order valence-electron chi connectivity index (χ0n) is 21.1. The number of sulfone groups is 1. The maximum Gasteiger partial charge on any atom is 0.221 e. The smallest absolute Gasteiger partial charge is 0.221 e. The molecular weight excluding hydrogens is 492 g/mol. The Balaban J connectivity index is 1.59. The molecule has 9 heteroatoms. The van der Waals surface area contributed by atoms with Crippen LogP contribution in [0.3, 0.4) is 0 Å². The lowest BCUT2D eigenvalue weighted by Crippen LogP contribution is -2.48. The van der Waals surface area contributed by atoms with Crippen LogP contribution < -0.4 is 20.1 Å². The number of hydrogen-bond acceptors (Lipinski definition) is 7. The van der Waals surface area contributed by atoms with Gasteiger partial charge >= 0.3 is 0 Å². The van der Waals surface area contributed by atoms with E-state index < -0.39 is 27.9 Å². The third kappa shape index (κ3) is 8.89. The van der Waals surface area contributed by atoms with Crippen molar-refractivity contribution in [2.24, 2.45) is 0 Å². The zero-order valence-corrected chi connectivity index (χ0v) is 21.9. The number of ether oxygens (including phenoxy) is 2. The molecule has 0 aliphatic rings. The minimum atomic E-state index is -3.65. The maximum atomic E-state index is 12.8. The molecule has 0 aromatic heterocycles. The van der Waals surface area contributed by atoms with E-state index in [-0.39, 0.29) is 23.6 Å². The first-order valence-electron chi connectivity index (χ1n) is 12.0. The Morgan fingerprint density at radius 1 is 0.892 bits per heavy atom. The lowest BCUT2D eigenvalue weighted by Gasteiger charge is -2.25. The molecule has 198 valence electrons. The predicted octanol–water partition coefficient (Wildman–Crippen LogP) is 2.75. The lowest BCUT2D eigenvalue weighted by molar-refractivity contribution is -0.122. The molecule has 8 nitrogen and oxygen atoms in total.